The van der Waals surface area contributed by atoms with Crippen LogP contribution in [0.15, 0.2) is 0 Å². The van der Waals surface area contributed by atoms with Gasteiger partial charge in [-0.05, 0) is 41.5 Å². The number of nitrogens with one attached hydrogen (secondary N) is 2. The molecule has 116 valence electrons. The van der Waals surface area contributed by atoms with Crippen LogP contribution in [0.2, 0.25) is 0 Å². The molecular weight excluding hydrogens is 316 g/mol. The van der Waals surface area contributed by atoms with Crippen molar-refractivity contribution in [3.8, 4) is 0 Å². The van der Waals surface area contributed by atoms with Gasteiger partial charge in [0.25, 0.3) is 0 Å². The normalized spacial score (nSPS) is 15.5. The Labute approximate surface area is 115 Å². The van der Waals surface area contributed by atoms with Crippen molar-refractivity contribution in [1.82, 2.24) is 8.25 Å². The molecule has 0 amide bonds. The van der Waals surface area contributed by atoms with Gasteiger partial charge in [-0.1, -0.05) is 8.25 Å². The van der Waals surface area contributed by atoms with Gasteiger partial charge in [0.1, 0.15) is 0 Å². The van der Waals surface area contributed by atoms with Crippen LogP contribution >= 0.6 is 0 Å². The maximum Gasteiger partial charge on any atom is 0.303 e. The van der Waals surface area contributed by atoms with Crippen LogP contribution in [0, 0.1) is 0 Å². The van der Waals surface area contributed by atoms with Crippen LogP contribution in [0.3, 0.4) is 0 Å². The Morgan fingerprint density at radius 2 is 0.789 bits per heavy atom. The summed E-state index contributed by atoms with van der Waals surface area (Å²) in [5, 5.41) is 0. The first-order valence-electron chi connectivity index (χ1n) is 5.22. The molecule has 2 N–H and O–H groups in total. The molecule has 0 aromatic carbocycles. The van der Waals surface area contributed by atoms with Gasteiger partial charge in [-0.25, -0.2) is 16.8 Å². The Morgan fingerprint density at radius 1 is 0.579 bits per heavy atom. The second-order valence-electron chi connectivity index (χ2n) is 5.90. The van der Waals surface area contributed by atoms with E-state index in [1.165, 1.54) is 49.8 Å². The lowest BCUT2D eigenvalue weighted by Crippen LogP contribution is -2.51. The van der Waals surface area contributed by atoms with Crippen molar-refractivity contribution in [2.75, 3.05) is 0 Å². The predicted octanol–water partition coefficient (Wildman–Crippen LogP) is -0.333. The fraction of sp³-hybridized carbons (Fsp3) is 1.00. The maximum absolute atomic E-state index is 11.7. The molecule has 0 aliphatic heterocycles. The Hall–Kier alpha value is -0.230. The molecule has 0 aliphatic rings. The molecule has 0 spiro atoms. The highest BCUT2D eigenvalue weighted by Gasteiger charge is 2.38. The zero-order chi connectivity index (χ0) is 15.9. The van der Waals surface area contributed by atoms with Crippen LogP contribution in [-0.4, -0.2) is 34.7 Å². The van der Waals surface area contributed by atoms with E-state index in [4.69, 9.17) is 0 Å². The Morgan fingerprint density at radius 3 is 0.947 bits per heavy atom. The van der Waals surface area contributed by atoms with E-state index in [1.807, 2.05) is 0 Å². The SMILES string of the molecule is CC(C)(C)S(=O)(=O)NS(=O)(=O)NS(=O)(=O)C(C)(C)C. The summed E-state index contributed by atoms with van der Waals surface area (Å²) in [5.74, 6) is 0. The molecule has 0 heterocycles. The van der Waals surface area contributed by atoms with Gasteiger partial charge in [0.2, 0.25) is 20.0 Å². The Kier molecular flexibility index (Phi) is 4.89. The average Bonchev–Trinajstić information content (AvgIpc) is 1.93. The lowest BCUT2D eigenvalue weighted by molar-refractivity contribution is 0.542. The van der Waals surface area contributed by atoms with Crippen LogP contribution in [0.1, 0.15) is 41.5 Å². The summed E-state index contributed by atoms with van der Waals surface area (Å²) in [7, 11) is -13.2. The molecule has 0 bridgehead atoms. The van der Waals surface area contributed by atoms with Gasteiger partial charge in [0, 0.05) is 0 Å². The van der Waals surface area contributed by atoms with Crippen molar-refractivity contribution in [2.45, 2.75) is 51.0 Å². The molecule has 19 heavy (non-hydrogen) atoms. The van der Waals surface area contributed by atoms with Gasteiger partial charge in [-0.2, -0.15) is 8.42 Å². The predicted molar refractivity (Wildman–Crippen MR) is 72.5 cm³/mol. The van der Waals surface area contributed by atoms with Gasteiger partial charge in [-0.3, -0.25) is 0 Å². The Bertz CT molecular complexity index is 580. The molecule has 0 rings (SSSR count). The summed E-state index contributed by atoms with van der Waals surface area (Å²) in [4.78, 5) is 0. The highest BCUT2D eigenvalue weighted by molar-refractivity contribution is 8.10. The highest BCUT2D eigenvalue weighted by Crippen LogP contribution is 2.16. The fourth-order valence-electron chi connectivity index (χ4n) is 0.556. The topological polar surface area (TPSA) is 126 Å². The molecule has 0 radical (unpaired) electrons. The molecule has 8 nitrogen and oxygen atoms in total. The van der Waals surface area contributed by atoms with Crippen molar-refractivity contribution in [3.05, 3.63) is 0 Å². The summed E-state index contributed by atoms with van der Waals surface area (Å²) < 4.78 is 69.8. The van der Waals surface area contributed by atoms with Crippen LogP contribution in [0.4, 0.5) is 0 Å². The standard InChI is InChI=1S/C8H20N2O6S3/c1-7(2,3)17(11,12)9-19(15,16)10-18(13,14)8(4,5)6/h9-10H,1-6H3. The van der Waals surface area contributed by atoms with Gasteiger partial charge >= 0.3 is 10.2 Å². The van der Waals surface area contributed by atoms with Gasteiger partial charge in [0.05, 0.1) is 9.49 Å². The van der Waals surface area contributed by atoms with E-state index >= 15 is 0 Å². The quantitative estimate of drug-likeness (QED) is 0.723. The molecule has 0 saturated carbocycles. The van der Waals surface area contributed by atoms with Gasteiger partial charge in [0.15, 0.2) is 0 Å². The fourth-order valence-corrected chi connectivity index (χ4v) is 5.31. The van der Waals surface area contributed by atoms with Crippen LogP contribution in [-0.2, 0) is 30.3 Å². The zero-order valence-electron chi connectivity index (χ0n) is 11.7. The molecule has 0 aliphatic carbocycles. The second-order valence-corrected chi connectivity index (χ2v) is 12.7. The minimum absolute atomic E-state index is 1.28. The van der Waals surface area contributed by atoms with Crippen molar-refractivity contribution in [2.24, 2.45) is 0 Å². The molecular formula is C8H20N2O6S3. The summed E-state index contributed by atoms with van der Waals surface area (Å²) in [5.41, 5.74) is 0. The summed E-state index contributed by atoms with van der Waals surface area (Å²) in [6.07, 6.45) is 0. The lowest BCUT2D eigenvalue weighted by Gasteiger charge is -2.22. The number of sulfonamides is 2. The molecule has 0 saturated heterocycles. The lowest BCUT2D eigenvalue weighted by atomic mass is 10.3. The zero-order valence-corrected chi connectivity index (χ0v) is 14.1. The number of rotatable bonds is 4. The summed E-state index contributed by atoms with van der Waals surface area (Å²) in [6.45, 7) is 7.69. The van der Waals surface area contributed by atoms with E-state index < -0.39 is 39.7 Å². The largest absolute Gasteiger partial charge is 0.303 e. The third-order valence-corrected chi connectivity index (χ3v) is 8.79. The van der Waals surface area contributed by atoms with E-state index in [0.29, 0.717) is 0 Å². The highest BCUT2D eigenvalue weighted by atomic mass is 32.3. The summed E-state index contributed by atoms with van der Waals surface area (Å²) in [6, 6.07) is 0. The molecule has 11 heteroatoms. The van der Waals surface area contributed by atoms with Gasteiger partial charge in [-0.15, -0.1) is 0 Å². The first-order chi connectivity index (χ1) is 7.91. The Balaban J connectivity index is 5.41. The van der Waals surface area contributed by atoms with Crippen molar-refractivity contribution >= 4 is 30.3 Å². The average molecular weight is 336 g/mol. The summed E-state index contributed by atoms with van der Waals surface area (Å²) >= 11 is 0. The third-order valence-electron chi connectivity index (χ3n) is 2.05. The van der Waals surface area contributed by atoms with Crippen LogP contribution < -0.4 is 8.25 Å². The van der Waals surface area contributed by atoms with Crippen molar-refractivity contribution in [1.29, 1.82) is 0 Å². The van der Waals surface area contributed by atoms with Gasteiger partial charge < -0.3 is 0 Å². The van der Waals surface area contributed by atoms with Crippen molar-refractivity contribution in [3.63, 3.8) is 0 Å². The van der Waals surface area contributed by atoms with Crippen LogP contribution in [0.5, 0.6) is 0 Å². The molecule has 0 fully saturated rings. The monoisotopic (exact) mass is 336 g/mol. The number of hydrogen-bond donors (Lipinski definition) is 2. The second kappa shape index (κ2) is 4.95. The number of hydrogen-bond acceptors (Lipinski definition) is 6. The molecule has 0 aromatic rings. The molecule has 0 unspecified atom stereocenters. The minimum atomic E-state index is -4.74. The minimum Gasteiger partial charge on any atom is -0.211 e. The smallest absolute Gasteiger partial charge is 0.211 e. The third kappa shape index (κ3) is 4.99. The van der Waals surface area contributed by atoms with E-state index in [0.717, 1.165) is 0 Å². The van der Waals surface area contributed by atoms with Crippen molar-refractivity contribution < 1.29 is 25.3 Å². The molecule has 0 aromatic heterocycles. The first kappa shape index (κ1) is 18.8. The van der Waals surface area contributed by atoms with E-state index in [2.05, 4.69) is 0 Å². The van der Waals surface area contributed by atoms with E-state index in [-0.39, 0.29) is 0 Å². The van der Waals surface area contributed by atoms with E-state index in [1.54, 1.807) is 0 Å². The first-order valence-corrected chi connectivity index (χ1v) is 9.67. The van der Waals surface area contributed by atoms with E-state index in [9.17, 15) is 25.3 Å². The van der Waals surface area contributed by atoms with Crippen LogP contribution in [0.25, 0.3) is 0 Å². The maximum atomic E-state index is 11.7. The molecule has 0 atom stereocenters.